The predicted octanol–water partition coefficient (Wildman–Crippen LogP) is 3.77. The second-order valence-electron chi connectivity index (χ2n) is 8.55. The third-order valence-electron chi connectivity index (χ3n) is 5.82. The van der Waals surface area contributed by atoms with Crippen molar-refractivity contribution in [3.63, 3.8) is 0 Å². The van der Waals surface area contributed by atoms with Crippen molar-refractivity contribution in [2.75, 3.05) is 40.3 Å². The molecule has 1 unspecified atom stereocenters. The van der Waals surface area contributed by atoms with Gasteiger partial charge in [-0.25, -0.2) is 0 Å². The van der Waals surface area contributed by atoms with E-state index < -0.39 is 0 Å². The van der Waals surface area contributed by atoms with Crippen molar-refractivity contribution in [3.05, 3.63) is 71.3 Å². The Morgan fingerprint density at radius 3 is 2.58 bits per heavy atom. The van der Waals surface area contributed by atoms with E-state index in [1.807, 2.05) is 18.2 Å². The van der Waals surface area contributed by atoms with Gasteiger partial charge in [0.05, 0.1) is 6.54 Å². The lowest BCUT2D eigenvalue weighted by Crippen LogP contribution is -2.40. The van der Waals surface area contributed by atoms with E-state index >= 15 is 0 Å². The highest BCUT2D eigenvalue weighted by atomic mass is 127. The Bertz CT molecular complexity index is 887. The molecule has 180 valence electrons. The van der Waals surface area contributed by atoms with Gasteiger partial charge in [0.15, 0.2) is 5.96 Å². The quantitative estimate of drug-likeness (QED) is 0.277. The molecule has 0 aliphatic carbocycles. The topological polar surface area (TPSA) is 60.0 Å². The maximum Gasteiger partial charge on any atom is 0.253 e. The van der Waals surface area contributed by atoms with E-state index in [4.69, 9.17) is 4.99 Å². The predicted molar refractivity (Wildman–Crippen MR) is 147 cm³/mol. The molecule has 1 heterocycles. The molecule has 1 aliphatic heterocycles. The fraction of sp³-hybridized carbons (Fsp3) is 0.462. The molecular weight excluding hydrogens is 525 g/mol. The molecular formula is C26H38IN5O. The number of hydrogen-bond donors (Lipinski definition) is 2. The van der Waals surface area contributed by atoms with E-state index in [9.17, 15) is 4.79 Å². The van der Waals surface area contributed by atoms with Crippen LogP contribution in [-0.2, 0) is 13.0 Å². The molecule has 1 aliphatic rings. The van der Waals surface area contributed by atoms with Gasteiger partial charge in [0, 0.05) is 45.3 Å². The van der Waals surface area contributed by atoms with Gasteiger partial charge in [0.2, 0.25) is 0 Å². The summed E-state index contributed by atoms with van der Waals surface area (Å²) in [6.07, 6.45) is 3.27. The number of nitrogens with one attached hydrogen (secondary N) is 2. The van der Waals surface area contributed by atoms with E-state index in [1.165, 1.54) is 18.4 Å². The molecule has 33 heavy (non-hydrogen) atoms. The van der Waals surface area contributed by atoms with E-state index in [1.54, 1.807) is 19.0 Å². The van der Waals surface area contributed by atoms with Crippen molar-refractivity contribution in [1.82, 2.24) is 20.4 Å². The van der Waals surface area contributed by atoms with Crippen LogP contribution >= 0.6 is 24.0 Å². The van der Waals surface area contributed by atoms with Crippen LogP contribution in [0.1, 0.15) is 41.3 Å². The first-order chi connectivity index (χ1) is 15.6. The van der Waals surface area contributed by atoms with Crippen LogP contribution in [0.2, 0.25) is 0 Å². The number of carbonyl (C=O) groups excluding carboxylic acids is 1. The molecule has 2 N–H and O–H groups in total. The molecule has 0 radical (unpaired) electrons. The summed E-state index contributed by atoms with van der Waals surface area (Å²) >= 11 is 0. The van der Waals surface area contributed by atoms with Gasteiger partial charge in [0.25, 0.3) is 5.91 Å². The fourth-order valence-electron chi connectivity index (χ4n) is 4.11. The zero-order chi connectivity index (χ0) is 22.8. The molecule has 0 saturated carbocycles. The molecule has 1 saturated heterocycles. The number of hydrogen-bond acceptors (Lipinski definition) is 3. The lowest BCUT2D eigenvalue weighted by atomic mass is 10.1. The van der Waals surface area contributed by atoms with Crippen LogP contribution in [0.25, 0.3) is 0 Å². The Kier molecular flexibility index (Phi) is 11.7. The summed E-state index contributed by atoms with van der Waals surface area (Å²) in [6.45, 7) is 6.62. The molecule has 2 aromatic rings. The van der Waals surface area contributed by atoms with Crippen LogP contribution in [0.4, 0.5) is 0 Å². The third kappa shape index (κ3) is 8.62. The van der Waals surface area contributed by atoms with Crippen molar-refractivity contribution in [2.24, 2.45) is 4.99 Å². The Hall–Kier alpha value is -2.13. The molecule has 3 rings (SSSR count). The van der Waals surface area contributed by atoms with Gasteiger partial charge in [-0.05, 0) is 56.0 Å². The van der Waals surface area contributed by atoms with Crippen LogP contribution in [0.3, 0.4) is 0 Å². The van der Waals surface area contributed by atoms with Crippen LogP contribution in [-0.4, -0.2) is 68.0 Å². The summed E-state index contributed by atoms with van der Waals surface area (Å²) in [5.41, 5.74) is 3.24. The smallest absolute Gasteiger partial charge is 0.253 e. The Balaban J connectivity index is 0.00000385. The average molecular weight is 564 g/mol. The normalized spacial score (nSPS) is 16.2. The first kappa shape index (κ1) is 27.1. The zero-order valence-corrected chi connectivity index (χ0v) is 22.4. The molecule has 0 bridgehead atoms. The van der Waals surface area contributed by atoms with Crippen molar-refractivity contribution >= 4 is 35.8 Å². The van der Waals surface area contributed by atoms with Crippen LogP contribution in [0, 0.1) is 0 Å². The van der Waals surface area contributed by atoms with Gasteiger partial charge in [-0.15, -0.1) is 24.0 Å². The monoisotopic (exact) mass is 563 g/mol. The summed E-state index contributed by atoms with van der Waals surface area (Å²) < 4.78 is 0. The second kappa shape index (κ2) is 14.2. The van der Waals surface area contributed by atoms with Crippen LogP contribution in [0.15, 0.2) is 59.6 Å². The SMILES string of the molecule is CCNC(=NCC1CCCN1Cc1ccccc1)NCCc1cccc(C(=O)N(C)C)c1.I. The van der Waals surface area contributed by atoms with Gasteiger partial charge in [-0.2, -0.15) is 0 Å². The number of rotatable bonds is 9. The van der Waals surface area contributed by atoms with Crippen molar-refractivity contribution < 1.29 is 4.79 Å². The molecule has 0 aromatic heterocycles. The van der Waals surface area contributed by atoms with Crippen molar-refractivity contribution in [1.29, 1.82) is 0 Å². The van der Waals surface area contributed by atoms with E-state index in [2.05, 4.69) is 58.9 Å². The second-order valence-corrected chi connectivity index (χ2v) is 8.55. The van der Waals surface area contributed by atoms with E-state index in [0.717, 1.165) is 56.2 Å². The first-order valence-electron chi connectivity index (χ1n) is 11.7. The van der Waals surface area contributed by atoms with E-state index in [0.29, 0.717) is 6.04 Å². The maximum atomic E-state index is 12.2. The molecule has 2 aromatic carbocycles. The highest BCUT2D eigenvalue weighted by Gasteiger charge is 2.24. The third-order valence-corrected chi connectivity index (χ3v) is 5.82. The Labute approximate surface area is 215 Å². The number of nitrogens with zero attached hydrogens (tertiary/aromatic N) is 3. The molecule has 1 fully saturated rings. The highest BCUT2D eigenvalue weighted by Crippen LogP contribution is 2.20. The number of likely N-dealkylation sites (tertiary alicyclic amines) is 1. The molecule has 6 nitrogen and oxygen atoms in total. The lowest BCUT2D eigenvalue weighted by molar-refractivity contribution is 0.0827. The van der Waals surface area contributed by atoms with Gasteiger partial charge in [-0.3, -0.25) is 14.7 Å². The zero-order valence-electron chi connectivity index (χ0n) is 20.1. The molecule has 0 spiro atoms. The summed E-state index contributed by atoms with van der Waals surface area (Å²) in [7, 11) is 3.56. The number of benzene rings is 2. The van der Waals surface area contributed by atoms with Gasteiger partial charge in [0.1, 0.15) is 0 Å². The summed E-state index contributed by atoms with van der Waals surface area (Å²) in [6, 6.07) is 19.0. The molecule has 7 heteroatoms. The highest BCUT2D eigenvalue weighted by molar-refractivity contribution is 14.0. The number of aliphatic imine (C=N–C) groups is 1. The molecule has 1 amide bonds. The summed E-state index contributed by atoms with van der Waals surface area (Å²) in [5, 5.41) is 6.82. The van der Waals surface area contributed by atoms with Gasteiger partial charge < -0.3 is 15.5 Å². The standard InChI is InChI=1S/C26H37N5O.HI/c1-4-27-26(28-16-15-21-12-8-13-23(18-21)25(32)30(2)3)29-19-24-14-9-17-31(24)20-22-10-6-5-7-11-22;/h5-8,10-13,18,24H,4,9,14-17,19-20H2,1-3H3,(H2,27,28,29);1H. The average Bonchev–Trinajstić information content (AvgIpc) is 3.24. The Morgan fingerprint density at radius 1 is 1.09 bits per heavy atom. The van der Waals surface area contributed by atoms with Gasteiger partial charge in [-0.1, -0.05) is 42.5 Å². The van der Waals surface area contributed by atoms with Crippen molar-refractivity contribution in [2.45, 2.75) is 38.8 Å². The fourth-order valence-corrected chi connectivity index (χ4v) is 4.11. The van der Waals surface area contributed by atoms with Crippen LogP contribution in [0.5, 0.6) is 0 Å². The number of guanidine groups is 1. The van der Waals surface area contributed by atoms with Crippen LogP contribution < -0.4 is 10.6 Å². The largest absolute Gasteiger partial charge is 0.357 e. The van der Waals surface area contributed by atoms with Gasteiger partial charge >= 0.3 is 0 Å². The number of amides is 1. The van der Waals surface area contributed by atoms with Crippen molar-refractivity contribution in [3.8, 4) is 0 Å². The summed E-state index contributed by atoms with van der Waals surface area (Å²) in [4.78, 5) is 21.2. The minimum Gasteiger partial charge on any atom is -0.357 e. The maximum absolute atomic E-state index is 12.2. The summed E-state index contributed by atoms with van der Waals surface area (Å²) in [5.74, 6) is 0.894. The number of carbonyl (C=O) groups is 1. The lowest BCUT2D eigenvalue weighted by Gasteiger charge is -2.23. The molecule has 1 atom stereocenters. The first-order valence-corrected chi connectivity index (χ1v) is 11.7. The Morgan fingerprint density at radius 2 is 1.85 bits per heavy atom. The van der Waals surface area contributed by atoms with E-state index in [-0.39, 0.29) is 29.9 Å². The number of halogens is 1. The minimum absolute atomic E-state index is 0. The minimum atomic E-state index is 0.